The number of rotatable bonds is 1. The molecule has 0 spiro atoms. The Morgan fingerprint density at radius 3 is 2.80 bits per heavy atom. The number of nitrogens with two attached hydrogens (primary N) is 1. The van der Waals surface area contributed by atoms with Crippen molar-refractivity contribution in [3.05, 3.63) is 36.0 Å². The van der Waals surface area contributed by atoms with E-state index >= 15 is 0 Å². The molecule has 2 N–H and O–H groups in total. The number of nitrogens with zero attached hydrogens (tertiary/aromatic N) is 3. The van der Waals surface area contributed by atoms with Gasteiger partial charge in [-0.05, 0) is 18.2 Å². The van der Waals surface area contributed by atoms with Crippen LogP contribution in [0.3, 0.4) is 0 Å². The standard InChI is InChI=1S/C11H10N4/c1-15-11(4-5-14-15)8-2-3-10(13)9(6-8)7-12/h2-6H,13H2,1H3. The van der Waals surface area contributed by atoms with Crippen LogP contribution in [0, 0.1) is 11.3 Å². The minimum atomic E-state index is 0.494. The van der Waals surface area contributed by atoms with Crippen molar-refractivity contribution < 1.29 is 0 Å². The molecule has 4 heteroatoms. The number of hydrogen-bond acceptors (Lipinski definition) is 3. The van der Waals surface area contributed by atoms with Crippen LogP contribution in [0.1, 0.15) is 5.56 Å². The van der Waals surface area contributed by atoms with Crippen LogP contribution >= 0.6 is 0 Å². The maximum Gasteiger partial charge on any atom is 0.101 e. The molecule has 74 valence electrons. The van der Waals surface area contributed by atoms with Crippen LogP contribution in [-0.2, 0) is 7.05 Å². The van der Waals surface area contributed by atoms with Gasteiger partial charge in [0.2, 0.25) is 0 Å². The molecule has 0 amide bonds. The van der Waals surface area contributed by atoms with Crippen molar-refractivity contribution in [3.8, 4) is 17.3 Å². The summed E-state index contributed by atoms with van der Waals surface area (Å²) in [5, 5.41) is 12.9. The first kappa shape index (κ1) is 9.28. The Morgan fingerprint density at radius 1 is 1.40 bits per heavy atom. The number of hydrogen-bond donors (Lipinski definition) is 1. The van der Waals surface area contributed by atoms with Gasteiger partial charge in [0, 0.05) is 24.5 Å². The van der Waals surface area contributed by atoms with Crippen LogP contribution in [0.15, 0.2) is 30.5 Å². The van der Waals surface area contributed by atoms with Gasteiger partial charge >= 0.3 is 0 Å². The van der Waals surface area contributed by atoms with Crippen LogP contribution in [0.5, 0.6) is 0 Å². The topological polar surface area (TPSA) is 67.6 Å². The quantitative estimate of drug-likeness (QED) is 0.707. The third kappa shape index (κ3) is 1.55. The second kappa shape index (κ2) is 3.46. The third-order valence-electron chi connectivity index (χ3n) is 2.29. The summed E-state index contributed by atoms with van der Waals surface area (Å²) in [7, 11) is 1.86. The molecule has 1 aromatic carbocycles. The first-order valence-electron chi connectivity index (χ1n) is 4.50. The van der Waals surface area contributed by atoms with Crippen LogP contribution in [0.25, 0.3) is 11.3 Å². The molecule has 4 nitrogen and oxygen atoms in total. The molecule has 0 atom stereocenters. The van der Waals surface area contributed by atoms with Gasteiger partial charge in [0.05, 0.1) is 11.3 Å². The molecule has 0 saturated carbocycles. The van der Waals surface area contributed by atoms with Crippen LogP contribution in [0.4, 0.5) is 5.69 Å². The van der Waals surface area contributed by atoms with Gasteiger partial charge < -0.3 is 5.73 Å². The average molecular weight is 198 g/mol. The highest BCUT2D eigenvalue weighted by atomic mass is 15.2. The molecule has 0 unspecified atom stereocenters. The predicted molar refractivity (Wildman–Crippen MR) is 57.8 cm³/mol. The van der Waals surface area contributed by atoms with E-state index in [0.717, 1.165) is 11.3 Å². The average Bonchev–Trinajstić information content (AvgIpc) is 2.65. The van der Waals surface area contributed by atoms with E-state index in [1.807, 2.05) is 19.2 Å². The van der Waals surface area contributed by atoms with E-state index in [9.17, 15) is 0 Å². The number of nitriles is 1. The minimum absolute atomic E-state index is 0.494. The Kier molecular flexibility index (Phi) is 2.14. The van der Waals surface area contributed by atoms with E-state index in [0.29, 0.717) is 11.3 Å². The van der Waals surface area contributed by atoms with E-state index in [2.05, 4.69) is 11.2 Å². The first-order valence-corrected chi connectivity index (χ1v) is 4.50. The minimum Gasteiger partial charge on any atom is -0.398 e. The lowest BCUT2D eigenvalue weighted by molar-refractivity contribution is 0.776. The van der Waals surface area contributed by atoms with Crippen molar-refractivity contribution in [2.75, 3.05) is 5.73 Å². The number of anilines is 1. The molecule has 0 aliphatic carbocycles. The summed E-state index contributed by atoms with van der Waals surface area (Å²) < 4.78 is 1.76. The van der Waals surface area contributed by atoms with Gasteiger partial charge in [-0.2, -0.15) is 10.4 Å². The van der Waals surface area contributed by atoms with E-state index < -0.39 is 0 Å². The molecule has 15 heavy (non-hydrogen) atoms. The highest BCUT2D eigenvalue weighted by Gasteiger charge is 2.05. The Morgan fingerprint density at radius 2 is 2.20 bits per heavy atom. The molecule has 0 radical (unpaired) electrons. The zero-order chi connectivity index (χ0) is 10.8. The largest absolute Gasteiger partial charge is 0.398 e. The third-order valence-corrected chi connectivity index (χ3v) is 2.29. The molecule has 1 heterocycles. The summed E-state index contributed by atoms with van der Waals surface area (Å²) in [5.74, 6) is 0. The molecular formula is C11H10N4. The monoisotopic (exact) mass is 198 g/mol. The van der Waals surface area contributed by atoms with Crippen molar-refractivity contribution in [1.29, 1.82) is 5.26 Å². The van der Waals surface area contributed by atoms with Gasteiger partial charge in [-0.3, -0.25) is 4.68 Å². The van der Waals surface area contributed by atoms with Crippen LogP contribution < -0.4 is 5.73 Å². The maximum atomic E-state index is 8.86. The fraction of sp³-hybridized carbons (Fsp3) is 0.0909. The van der Waals surface area contributed by atoms with Crippen molar-refractivity contribution in [2.45, 2.75) is 0 Å². The molecule has 0 fully saturated rings. The second-order valence-electron chi connectivity index (χ2n) is 3.25. The zero-order valence-corrected chi connectivity index (χ0v) is 8.31. The Labute approximate surface area is 87.6 Å². The van der Waals surface area contributed by atoms with Crippen molar-refractivity contribution in [3.63, 3.8) is 0 Å². The lowest BCUT2D eigenvalue weighted by Crippen LogP contribution is -1.95. The van der Waals surface area contributed by atoms with Crippen LogP contribution in [-0.4, -0.2) is 9.78 Å². The number of nitrogen functional groups attached to an aromatic ring is 1. The SMILES string of the molecule is Cn1nccc1-c1ccc(N)c(C#N)c1. The molecule has 0 bridgehead atoms. The smallest absolute Gasteiger partial charge is 0.101 e. The van der Waals surface area contributed by atoms with Crippen molar-refractivity contribution in [1.82, 2.24) is 9.78 Å². The highest BCUT2D eigenvalue weighted by molar-refractivity contribution is 5.67. The van der Waals surface area contributed by atoms with Crippen LogP contribution in [0.2, 0.25) is 0 Å². The second-order valence-corrected chi connectivity index (χ2v) is 3.25. The van der Waals surface area contributed by atoms with E-state index in [1.165, 1.54) is 0 Å². The molecule has 2 aromatic rings. The normalized spacial score (nSPS) is 9.87. The van der Waals surface area contributed by atoms with E-state index in [-0.39, 0.29) is 0 Å². The summed E-state index contributed by atoms with van der Waals surface area (Å²) in [5.41, 5.74) is 8.55. The van der Waals surface area contributed by atoms with Gasteiger partial charge in [-0.25, -0.2) is 0 Å². The van der Waals surface area contributed by atoms with Gasteiger partial charge in [0.25, 0.3) is 0 Å². The Hall–Kier alpha value is -2.28. The molecule has 0 aliphatic rings. The summed E-state index contributed by atoms with van der Waals surface area (Å²) >= 11 is 0. The first-order chi connectivity index (χ1) is 7.22. The molecule has 0 saturated heterocycles. The number of aromatic nitrogens is 2. The maximum absolute atomic E-state index is 8.86. The Balaban J connectivity index is 2.57. The summed E-state index contributed by atoms with van der Waals surface area (Å²) in [6.45, 7) is 0. The lowest BCUT2D eigenvalue weighted by Gasteiger charge is -2.03. The van der Waals surface area contributed by atoms with Crippen molar-refractivity contribution in [2.24, 2.45) is 7.05 Å². The van der Waals surface area contributed by atoms with E-state index in [4.69, 9.17) is 11.0 Å². The fourth-order valence-electron chi connectivity index (χ4n) is 1.47. The van der Waals surface area contributed by atoms with Gasteiger partial charge in [-0.15, -0.1) is 0 Å². The van der Waals surface area contributed by atoms with Gasteiger partial charge in [0.15, 0.2) is 0 Å². The predicted octanol–water partition coefficient (Wildman–Crippen LogP) is 1.54. The molecule has 1 aromatic heterocycles. The Bertz CT molecular complexity index is 534. The lowest BCUT2D eigenvalue weighted by atomic mass is 10.1. The highest BCUT2D eigenvalue weighted by Crippen LogP contribution is 2.22. The summed E-state index contributed by atoms with van der Waals surface area (Å²) in [6, 6.07) is 9.35. The van der Waals surface area contributed by atoms with Gasteiger partial charge in [0.1, 0.15) is 6.07 Å². The zero-order valence-electron chi connectivity index (χ0n) is 8.31. The van der Waals surface area contributed by atoms with Crippen molar-refractivity contribution >= 4 is 5.69 Å². The number of aryl methyl sites for hydroxylation is 1. The molecule has 0 aliphatic heterocycles. The summed E-state index contributed by atoms with van der Waals surface area (Å²) in [6.07, 6.45) is 1.72. The van der Waals surface area contributed by atoms with E-state index in [1.54, 1.807) is 23.0 Å². The molecule has 2 rings (SSSR count). The molecular weight excluding hydrogens is 188 g/mol. The number of benzene rings is 1. The fourth-order valence-corrected chi connectivity index (χ4v) is 1.47. The summed E-state index contributed by atoms with van der Waals surface area (Å²) in [4.78, 5) is 0. The van der Waals surface area contributed by atoms with Gasteiger partial charge in [-0.1, -0.05) is 6.07 Å².